The van der Waals surface area contributed by atoms with Crippen molar-refractivity contribution in [3.63, 3.8) is 0 Å². The van der Waals surface area contributed by atoms with E-state index in [1.807, 2.05) is 11.9 Å². The largest absolute Gasteiger partial charge is 0.330 e. The maximum Gasteiger partial charge on any atom is 0.276 e. The second kappa shape index (κ2) is 5.60. The van der Waals surface area contributed by atoms with E-state index in [0.29, 0.717) is 26.2 Å². The van der Waals surface area contributed by atoms with Crippen LogP contribution in [0.15, 0.2) is 6.20 Å². The highest BCUT2D eigenvalue weighted by atomic mass is 32.2. The Labute approximate surface area is 129 Å². The van der Waals surface area contributed by atoms with Gasteiger partial charge in [0.2, 0.25) is 0 Å². The molecule has 22 heavy (non-hydrogen) atoms. The number of piperazine rings is 1. The van der Waals surface area contributed by atoms with E-state index in [4.69, 9.17) is 5.73 Å². The molecule has 3 heterocycles. The fourth-order valence-electron chi connectivity index (χ4n) is 3.16. The number of nitrogens with zero attached hydrogens (tertiary/aromatic N) is 5. The summed E-state index contributed by atoms with van der Waals surface area (Å²) in [6, 6.07) is -0.447. The van der Waals surface area contributed by atoms with Crippen LogP contribution in [0.1, 0.15) is 10.5 Å². The Balaban J connectivity index is 1.82. The van der Waals surface area contributed by atoms with Gasteiger partial charge in [0.1, 0.15) is 0 Å². The number of likely N-dealkylation sites (N-methyl/N-ethyl adjacent to an activating group) is 1. The van der Waals surface area contributed by atoms with Crippen LogP contribution >= 0.6 is 0 Å². The van der Waals surface area contributed by atoms with Crippen LogP contribution in [-0.2, 0) is 16.4 Å². The predicted octanol–water partition coefficient (Wildman–Crippen LogP) is -2.21. The van der Waals surface area contributed by atoms with Gasteiger partial charge in [-0.25, -0.2) is 8.42 Å². The average Bonchev–Trinajstić information content (AvgIpc) is 3.03. The van der Waals surface area contributed by atoms with Crippen LogP contribution in [0.4, 0.5) is 0 Å². The summed E-state index contributed by atoms with van der Waals surface area (Å²) in [6.45, 7) is 2.05. The number of hydrogen-bond acceptors (Lipinski definition) is 7. The van der Waals surface area contributed by atoms with Crippen molar-refractivity contribution in [2.75, 3.05) is 38.2 Å². The molecule has 0 unspecified atom stereocenters. The molecule has 3 rings (SSSR count). The number of hydrogen-bond donors (Lipinski definition) is 1. The zero-order valence-corrected chi connectivity index (χ0v) is 13.2. The summed E-state index contributed by atoms with van der Waals surface area (Å²) < 4.78 is 25.4. The van der Waals surface area contributed by atoms with E-state index >= 15 is 0 Å². The smallest absolute Gasteiger partial charge is 0.276 e. The number of aromatic nitrogens is 3. The van der Waals surface area contributed by atoms with Crippen molar-refractivity contribution in [2.45, 2.75) is 18.6 Å². The average molecular weight is 328 g/mol. The molecule has 0 bridgehead atoms. The SMILES string of the molecule is CN1CCN(C(=O)c2cn(CCN)nn2)[C@H]2CS(=O)(=O)C[C@H]21. The number of nitrogens with two attached hydrogens (primary N) is 1. The van der Waals surface area contributed by atoms with Crippen LogP contribution < -0.4 is 5.73 Å². The Kier molecular flexibility index (Phi) is 3.91. The van der Waals surface area contributed by atoms with Crippen LogP contribution in [0.3, 0.4) is 0 Å². The minimum absolute atomic E-state index is 0.0185. The molecule has 1 aromatic heterocycles. The molecule has 2 N–H and O–H groups in total. The van der Waals surface area contributed by atoms with Crippen LogP contribution in [0, 0.1) is 0 Å². The first-order valence-electron chi connectivity index (χ1n) is 7.23. The molecule has 0 saturated carbocycles. The summed E-state index contributed by atoms with van der Waals surface area (Å²) >= 11 is 0. The molecule has 0 radical (unpaired) electrons. The molecule has 1 aromatic rings. The molecule has 2 fully saturated rings. The lowest BCUT2D eigenvalue weighted by Gasteiger charge is -2.41. The zero-order valence-electron chi connectivity index (χ0n) is 12.4. The van der Waals surface area contributed by atoms with Crippen LogP contribution in [0.5, 0.6) is 0 Å². The molecule has 1 amide bonds. The van der Waals surface area contributed by atoms with Gasteiger partial charge in [0.05, 0.1) is 30.3 Å². The molecule has 122 valence electrons. The van der Waals surface area contributed by atoms with Crippen LogP contribution in [-0.4, -0.2) is 89.4 Å². The second-order valence-electron chi connectivity index (χ2n) is 5.85. The first-order chi connectivity index (χ1) is 10.4. The Hall–Kier alpha value is -1.52. The minimum Gasteiger partial charge on any atom is -0.330 e. The number of amides is 1. The Morgan fingerprint density at radius 2 is 2.09 bits per heavy atom. The lowest BCUT2D eigenvalue weighted by Crippen LogP contribution is -2.59. The highest BCUT2D eigenvalue weighted by molar-refractivity contribution is 7.91. The van der Waals surface area contributed by atoms with Crippen LogP contribution in [0.2, 0.25) is 0 Å². The maximum absolute atomic E-state index is 12.6. The fourth-order valence-corrected chi connectivity index (χ4v) is 5.22. The van der Waals surface area contributed by atoms with Gasteiger partial charge in [-0.2, -0.15) is 0 Å². The van der Waals surface area contributed by atoms with Gasteiger partial charge in [0, 0.05) is 25.7 Å². The fraction of sp³-hybridized carbons (Fsp3) is 0.750. The Morgan fingerprint density at radius 1 is 1.36 bits per heavy atom. The molecular weight excluding hydrogens is 308 g/mol. The van der Waals surface area contributed by atoms with Crippen molar-refractivity contribution in [3.05, 3.63) is 11.9 Å². The Morgan fingerprint density at radius 3 is 2.82 bits per heavy atom. The summed E-state index contributed by atoms with van der Waals surface area (Å²) in [7, 11) is -1.21. The normalized spacial score (nSPS) is 27.8. The lowest BCUT2D eigenvalue weighted by molar-refractivity contribution is 0.0404. The van der Waals surface area contributed by atoms with Gasteiger partial charge in [-0.05, 0) is 7.05 Å². The van der Waals surface area contributed by atoms with Gasteiger partial charge in [-0.15, -0.1) is 5.10 Å². The van der Waals surface area contributed by atoms with Crippen molar-refractivity contribution in [2.24, 2.45) is 5.73 Å². The molecule has 9 nitrogen and oxygen atoms in total. The maximum atomic E-state index is 12.6. The highest BCUT2D eigenvalue weighted by Crippen LogP contribution is 2.26. The molecule has 2 saturated heterocycles. The van der Waals surface area contributed by atoms with Crippen LogP contribution in [0.25, 0.3) is 0 Å². The summed E-state index contributed by atoms with van der Waals surface area (Å²) in [5, 5.41) is 7.74. The zero-order chi connectivity index (χ0) is 15.9. The molecule has 2 aliphatic heterocycles. The van der Waals surface area contributed by atoms with E-state index in [2.05, 4.69) is 10.3 Å². The third kappa shape index (κ3) is 2.73. The van der Waals surface area contributed by atoms with Gasteiger partial charge in [0.25, 0.3) is 5.91 Å². The van der Waals surface area contributed by atoms with Crippen molar-refractivity contribution >= 4 is 15.7 Å². The van der Waals surface area contributed by atoms with E-state index in [1.54, 1.807) is 11.1 Å². The van der Waals surface area contributed by atoms with Gasteiger partial charge >= 0.3 is 0 Å². The third-order valence-corrected chi connectivity index (χ3v) is 6.03. The Bertz CT molecular complexity index is 672. The monoisotopic (exact) mass is 328 g/mol. The van der Waals surface area contributed by atoms with E-state index in [-0.39, 0.29) is 35.2 Å². The van der Waals surface area contributed by atoms with Gasteiger partial charge in [0.15, 0.2) is 15.5 Å². The number of carbonyl (C=O) groups excluding carboxylic acids is 1. The number of sulfone groups is 1. The van der Waals surface area contributed by atoms with Gasteiger partial charge in [-0.3, -0.25) is 14.4 Å². The lowest BCUT2D eigenvalue weighted by atomic mass is 10.1. The summed E-state index contributed by atoms with van der Waals surface area (Å²) in [5.74, 6) is -0.133. The minimum atomic E-state index is -3.11. The first-order valence-corrected chi connectivity index (χ1v) is 9.05. The summed E-state index contributed by atoms with van der Waals surface area (Å²) in [5.41, 5.74) is 5.68. The predicted molar refractivity (Wildman–Crippen MR) is 79.0 cm³/mol. The van der Waals surface area contributed by atoms with E-state index < -0.39 is 9.84 Å². The quantitative estimate of drug-likeness (QED) is 0.669. The number of carbonyl (C=O) groups is 1. The standard InChI is InChI=1S/C12H20N6O3S/c1-16-4-5-18(11-8-22(20,21)7-10(11)16)12(19)9-6-17(3-2-13)15-14-9/h6,10-11H,2-5,7-8,13H2,1H3/t10-,11+/m1/s1. The summed E-state index contributed by atoms with van der Waals surface area (Å²) in [4.78, 5) is 16.3. The second-order valence-corrected chi connectivity index (χ2v) is 8.00. The van der Waals surface area contributed by atoms with Gasteiger partial charge < -0.3 is 10.6 Å². The summed E-state index contributed by atoms with van der Waals surface area (Å²) in [6.07, 6.45) is 1.56. The molecule has 2 atom stereocenters. The van der Waals surface area contributed by atoms with Crippen molar-refractivity contribution in [3.8, 4) is 0 Å². The first kappa shape index (κ1) is 15.4. The van der Waals surface area contributed by atoms with E-state index in [0.717, 1.165) is 0 Å². The third-order valence-electron chi connectivity index (χ3n) is 4.33. The van der Waals surface area contributed by atoms with Crippen molar-refractivity contribution in [1.29, 1.82) is 0 Å². The van der Waals surface area contributed by atoms with Crippen molar-refractivity contribution < 1.29 is 13.2 Å². The molecule has 0 aliphatic carbocycles. The van der Waals surface area contributed by atoms with Crippen molar-refractivity contribution in [1.82, 2.24) is 24.8 Å². The van der Waals surface area contributed by atoms with Gasteiger partial charge in [-0.1, -0.05) is 5.21 Å². The molecule has 2 aliphatic rings. The highest BCUT2D eigenvalue weighted by Gasteiger charge is 2.47. The number of fused-ring (bicyclic) bond motifs is 1. The molecular formula is C12H20N6O3S. The molecule has 0 aromatic carbocycles. The number of rotatable bonds is 3. The van der Waals surface area contributed by atoms with E-state index in [1.165, 1.54) is 4.68 Å². The topological polar surface area (TPSA) is 114 Å². The molecule has 0 spiro atoms. The molecule has 10 heteroatoms. The van der Waals surface area contributed by atoms with E-state index in [9.17, 15) is 13.2 Å².